The van der Waals surface area contributed by atoms with E-state index in [0.29, 0.717) is 24.9 Å². The minimum atomic E-state index is -0.883. The Kier molecular flexibility index (Phi) is 6.06. The molecule has 1 heterocycles. The predicted octanol–water partition coefficient (Wildman–Crippen LogP) is 2.64. The summed E-state index contributed by atoms with van der Waals surface area (Å²) in [7, 11) is -0.883. The number of ether oxygens (including phenoxy) is 2. The van der Waals surface area contributed by atoms with Gasteiger partial charge in [-0.05, 0) is 23.6 Å². The Morgan fingerprint density at radius 2 is 1.95 bits per heavy atom. The Hall–Kier alpha value is -1.07. The van der Waals surface area contributed by atoms with E-state index in [4.69, 9.17) is 15.2 Å². The second-order valence-corrected chi connectivity index (χ2v) is 7.20. The van der Waals surface area contributed by atoms with Crippen molar-refractivity contribution in [3.05, 3.63) is 23.8 Å². The number of nitrogens with two attached hydrogens (primary N) is 1. The van der Waals surface area contributed by atoms with Crippen LogP contribution in [-0.2, 0) is 10.8 Å². The zero-order valence-electron chi connectivity index (χ0n) is 12.8. The van der Waals surface area contributed by atoms with Gasteiger partial charge in [-0.3, -0.25) is 4.21 Å². The van der Waals surface area contributed by atoms with Crippen molar-refractivity contribution in [2.24, 2.45) is 11.7 Å². The Morgan fingerprint density at radius 3 is 2.67 bits per heavy atom. The van der Waals surface area contributed by atoms with E-state index in [9.17, 15) is 4.21 Å². The summed E-state index contributed by atoms with van der Waals surface area (Å²) in [5, 5.41) is 0. The van der Waals surface area contributed by atoms with Gasteiger partial charge in [0.25, 0.3) is 0 Å². The van der Waals surface area contributed by atoms with E-state index < -0.39 is 10.8 Å². The van der Waals surface area contributed by atoms with E-state index in [1.165, 1.54) is 0 Å². The zero-order valence-corrected chi connectivity index (χ0v) is 13.7. The lowest BCUT2D eigenvalue weighted by Gasteiger charge is -2.16. The third kappa shape index (κ3) is 4.71. The molecule has 5 heteroatoms. The molecule has 1 aliphatic rings. The molecule has 0 amide bonds. The van der Waals surface area contributed by atoms with Crippen LogP contribution in [-0.4, -0.2) is 28.9 Å². The molecule has 0 aromatic heterocycles. The number of hydrogen-bond donors (Lipinski definition) is 1. The second kappa shape index (κ2) is 7.80. The van der Waals surface area contributed by atoms with E-state index in [1.54, 1.807) is 0 Å². The molecule has 2 rings (SSSR count). The maximum atomic E-state index is 12.1. The van der Waals surface area contributed by atoms with Crippen molar-refractivity contribution < 1.29 is 13.7 Å². The van der Waals surface area contributed by atoms with Gasteiger partial charge in [-0.25, -0.2) is 0 Å². The first-order chi connectivity index (χ1) is 10.1. The normalized spacial score (nSPS) is 18.6. The SMILES string of the molecule is CCC(C)CS(=O)CC(N)c1ccc2c(c1)OCCCO2. The van der Waals surface area contributed by atoms with Gasteiger partial charge in [0, 0.05) is 34.8 Å². The molecule has 0 saturated carbocycles. The molecule has 0 fully saturated rings. The first kappa shape index (κ1) is 16.3. The lowest BCUT2D eigenvalue weighted by molar-refractivity contribution is 0.297. The summed E-state index contributed by atoms with van der Waals surface area (Å²) in [6.07, 6.45) is 1.93. The topological polar surface area (TPSA) is 61.6 Å². The molecule has 0 spiro atoms. The molecular weight excluding hydrogens is 286 g/mol. The average molecular weight is 311 g/mol. The number of hydrogen-bond acceptors (Lipinski definition) is 4. The molecule has 3 unspecified atom stereocenters. The van der Waals surface area contributed by atoms with Crippen molar-refractivity contribution >= 4 is 10.8 Å². The van der Waals surface area contributed by atoms with Crippen molar-refractivity contribution in [3.63, 3.8) is 0 Å². The summed E-state index contributed by atoms with van der Waals surface area (Å²) in [4.78, 5) is 0. The minimum Gasteiger partial charge on any atom is -0.490 e. The van der Waals surface area contributed by atoms with Crippen LogP contribution in [0, 0.1) is 5.92 Å². The monoisotopic (exact) mass is 311 g/mol. The molecule has 118 valence electrons. The Labute approximate surface area is 129 Å². The number of benzene rings is 1. The second-order valence-electron chi connectivity index (χ2n) is 5.65. The van der Waals surface area contributed by atoms with Gasteiger partial charge in [-0.15, -0.1) is 0 Å². The third-order valence-electron chi connectivity index (χ3n) is 3.73. The van der Waals surface area contributed by atoms with Crippen LogP contribution in [0.5, 0.6) is 11.5 Å². The van der Waals surface area contributed by atoms with Crippen LogP contribution >= 0.6 is 0 Å². The van der Waals surface area contributed by atoms with E-state index in [0.717, 1.165) is 35.7 Å². The van der Waals surface area contributed by atoms with Crippen LogP contribution in [0.2, 0.25) is 0 Å². The fourth-order valence-corrected chi connectivity index (χ4v) is 3.81. The van der Waals surface area contributed by atoms with Crippen LogP contribution in [0.1, 0.15) is 38.3 Å². The fourth-order valence-electron chi connectivity index (χ4n) is 2.21. The van der Waals surface area contributed by atoms with Crippen LogP contribution in [0.3, 0.4) is 0 Å². The largest absolute Gasteiger partial charge is 0.490 e. The molecule has 1 aliphatic heterocycles. The van der Waals surface area contributed by atoms with Crippen molar-refractivity contribution in [1.82, 2.24) is 0 Å². The predicted molar refractivity (Wildman–Crippen MR) is 86.3 cm³/mol. The highest BCUT2D eigenvalue weighted by Gasteiger charge is 2.16. The molecule has 0 saturated heterocycles. The van der Waals surface area contributed by atoms with Crippen LogP contribution in [0.4, 0.5) is 0 Å². The van der Waals surface area contributed by atoms with Gasteiger partial charge >= 0.3 is 0 Å². The smallest absolute Gasteiger partial charge is 0.161 e. The van der Waals surface area contributed by atoms with E-state index in [2.05, 4.69) is 13.8 Å². The molecular formula is C16H25NO3S. The van der Waals surface area contributed by atoms with Crippen molar-refractivity contribution in [1.29, 1.82) is 0 Å². The lowest BCUT2D eigenvalue weighted by Crippen LogP contribution is -2.21. The van der Waals surface area contributed by atoms with Crippen molar-refractivity contribution in [2.45, 2.75) is 32.7 Å². The van der Waals surface area contributed by atoms with Crippen LogP contribution < -0.4 is 15.2 Å². The van der Waals surface area contributed by atoms with Gasteiger partial charge in [-0.1, -0.05) is 26.3 Å². The zero-order chi connectivity index (χ0) is 15.2. The summed E-state index contributed by atoms with van der Waals surface area (Å²) < 4.78 is 23.4. The molecule has 0 radical (unpaired) electrons. The molecule has 21 heavy (non-hydrogen) atoms. The average Bonchev–Trinajstić information content (AvgIpc) is 2.71. The summed E-state index contributed by atoms with van der Waals surface area (Å²) in [6.45, 7) is 5.57. The lowest BCUT2D eigenvalue weighted by atomic mass is 10.1. The van der Waals surface area contributed by atoms with Gasteiger partial charge in [0.2, 0.25) is 0 Å². The fraction of sp³-hybridized carbons (Fsp3) is 0.625. The summed E-state index contributed by atoms with van der Waals surface area (Å²) in [5.74, 6) is 3.19. The highest BCUT2D eigenvalue weighted by molar-refractivity contribution is 7.85. The van der Waals surface area contributed by atoms with E-state index in [-0.39, 0.29) is 6.04 Å². The van der Waals surface area contributed by atoms with Crippen molar-refractivity contribution in [3.8, 4) is 11.5 Å². The van der Waals surface area contributed by atoms with Crippen LogP contribution in [0.15, 0.2) is 18.2 Å². The first-order valence-electron chi connectivity index (χ1n) is 7.60. The van der Waals surface area contributed by atoms with Gasteiger partial charge in [0.15, 0.2) is 11.5 Å². The summed E-state index contributed by atoms with van der Waals surface area (Å²) >= 11 is 0. The Morgan fingerprint density at radius 1 is 1.24 bits per heavy atom. The highest BCUT2D eigenvalue weighted by atomic mass is 32.2. The molecule has 2 N–H and O–H groups in total. The molecule has 0 bridgehead atoms. The Balaban J connectivity index is 2.00. The first-order valence-corrected chi connectivity index (χ1v) is 9.09. The molecule has 1 aromatic rings. The minimum absolute atomic E-state index is 0.230. The van der Waals surface area contributed by atoms with Gasteiger partial charge in [0.05, 0.1) is 13.2 Å². The maximum Gasteiger partial charge on any atom is 0.161 e. The highest BCUT2D eigenvalue weighted by Crippen LogP contribution is 2.32. The summed E-state index contributed by atoms with van der Waals surface area (Å²) in [5.41, 5.74) is 7.15. The van der Waals surface area contributed by atoms with E-state index in [1.807, 2.05) is 18.2 Å². The maximum absolute atomic E-state index is 12.1. The Bertz CT molecular complexity index is 492. The molecule has 3 atom stereocenters. The van der Waals surface area contributed by atoms with Crippen molar-refractivity contribution in [2.75, 3.05) is 24.7 Å². The number of fused-ring (bicyclic) bond motifs is 1. The quantitative estimate of drug-likeness (QED) is 0.877. The van der Waals surface area contributed by atoms with Gasteiger partial charge in [-0.2, -0.15) is 0 Å². The van der Waals surface area contributed by atoms with Gasteiger partial charge < -0.3 is 15.2 Å². The molecule has 0 aliphatic carbocycles. The standard InChI is InChI=1S/C16H25NO3S/c1-3-12(2)10-21(18)11-14(17)13-5-6-15-16(9-13)20-8-4-7-19-15/h5-6,9,12,14H,3-4,7-8,10-11,17H2,1-2H3. The third-order valence-corrected chi connectivity index (χ3v) is 5.40. The van der Waals surface area contributed by atoms with E-state index >= 15 is 0 Å². The summed E-state index contributed by atoms with van der Waals surface area (Å²) in [6, 6.07) is 5.53. The molecule has 1 aromatic carbocycles. The number of rotatable bonds is 6. The van der Waals surface area contributed by atoms with Gasteiger partial charge in [0.1, 0.15) is 0 Å². The van der Waals surface area contributed by atoms with Crippen LogP contribution in [0.25, 0.3) is 0 Å². The molecule has 4 nitrogen and oxygen atoms in total.